The van der Waals surface area contributed by atoms with Gasteiger partial charge in [-0.25, -0.2) is 0 Å². The molecule has 226 valence electrons. The molecular formula is C29H30N4O9S. The lowest BCUT2D eigenvalue weighted by Crippen LogP contribution is -2.17. The number of hydrogen-bond acceptors (Lipinski definition) is 10. The van der Waals surface area contributed by atoms with Crippen LogP contribution in [0.1, 0.15) is 11.1 Å². The second kappa shape index (κ2) is 18.6. The molecule has 0 bridgehead atoms. The molecule has 13 nitrogen and oxygen atoms in total. The van der Waals surface area contributed by atoms with Gasteiger partial charge in [-0.1, -0.05) is 12.1 Å². The van der Waals surface area contributed by atoms with Crippen molar-refractivity contribution < 1.29 is 43.0 Å². The predicted octanol–water partition coefficient (Wildman–Crippen LogP) is 3.46. The minimum Gasteiger partial charge on any atom is -0.504 e. The van der Waals surface area contributed by atoms with E-state index in [2.05, 4.69) is 10.3 Å². The van der Waals surface area contributed by atoms with Crippen LogP contribution in [0.5, 0.6) is 23.0 Å². The highest BCUT2D eigenvalue weighted by atomic mass is 32.2. The molecule has 0 aromatic heterocycles. The highest BCUT2D eigenvalue weighted by Crippen LogP contribution is 2.26. The topological polar surface area (TPSA) is 221 Å². The molecule has 7 N–H and O–H groups in total. The van der Waals surface area contributed by atoms with Gasteiger partial charge < -0.3 is 31.2 Å². The summed E-state index contributed by atoms with van der Waals surface area (Å²) < 4.78 is 25.9. The van der Waals surface area contributed by atoms with E-state index in [0.29, 0.717) is 17.4 Å². The number of phenols is 4. The van der Waals surface area contributed by atoms with Gasteiger partial charge in [0.15, 0.2) is 23.0 Å². The lowest BCUT2D eigenvalue weighted by Gasteiger charge is -2.09. The number of nitrogens with zero attached hydrogens (tertiary/aromatic N) is 2. The molecule has 0 radical (unpaired) electrons. The maximum atomic E-state index is 12.4. The zero-order valence-electron chi connectivity index (χ0n) is 22.7. The van der Waals surface area contributed by atoms with Gasteiger partial charge >= 0.3 is 0 Å². The molecule has 0 aliphatic heterocycles. The zero-order valence-corrected chi connectivity index (χ0v) is 23.5. The summed E-state index contributed by atoms with van der Waals surface area (Å²) >= 11 is 0. The number of benzene rings is 2. The minimum atomic E-state index is -3.67. The van der Waals surface area contributed by atoms with Gasteiger partial charge in [0.2, 0.25) is 5.91 Å². The number of hydrogen-bond donors (Lipinski definition) is 7. The number of carbonyl (C=O) groups excluding carboxylic acids is 2. The van der Waals surface area contributed by atoms with Crippen molar-refractivity contribution in [1.82, 2.24) is 10.2 Å². The van der Waals surface area contributed by atoms with Gasteiger partial charge in [-0.15, -0.1) is 0 Å². The molecule has 0 atom stereocenters. The van der Waals surface area contributed by atoms with Crippen LogP contribution in [0.3, 0.4) is 0 Å². The molecule has 2 aromatic rings. The molecule has 0 heterocycles. The van der Waals surface area contributed by atoms with Crippen LogP contribution in [-0.4, -0.2) is 68.8 Å². The third-order valence-corrected chi connectivity index (χ3v) is 4.47. The van der Waals surface area contributed by atoms with Crippen molar-refractivity contribution >= 4 is 46.5 Å². The van der Waals surface area contributed by atoms with Gasteiger partial charge in [0.1, 0.15) is 0 Å². The van der Waals surface area contributed by atoms with Gasteiger partial charge in [-0.3, -0.25) is 24.0 Å². The lowest BCUT2D eigenvalue weighted by molar-refractivity contribution is -0.121. The average molecular weight is 611 g/mol. The quantitative estimate of drug-likeness (QED) is 0.0650. The molecule has 0 aliphatic rings. The van der Waals surface area contributed by atoms with Crippen molar-refractivity contribution in [1.29, 1.82) is 5.41 Å². The number of phenolic OH excluding ortho intramolecular Hbond substituents is 4. The Labute approximate surface area is 248 Å². The molecule has 2 aromatic carbocycles. The summed E-state index contributed by atoms with van der Waals surface area (Å²) in [5.41, 5.74) is 1.06. The van der Waals surface area contributed by atoms with Gasteiger partial charge in [-0.2, -0.15) is 8.42 Å². The van der Waals surface area contributed by atoms with Crippen molar-refractivity contribution in [3.8, 4) is 23.0 Å². The van der Waals surface area contributed by atoms with Crippen LogP contribution in [0.15, 0.2) is 103 Å². The van der Waals surface area contributed by atoms with Crippen LogP contribution in [0, 0.1) is 5.41 Å². The number of carbonyl (C=O) groups is 2. The SMILES string of the molecule is CS(=O)(=O)O.N=CC=CN(C=CC=CN=CC=CNC(=O)C=Cc1ccc(O)c(O)c1)C(=O)C=Cc1ccc(O)c(O)c1. The zero-order chi connectivity index (χ0) is 32.3. The normalized spacial score (nSPS) is 12.1. The first kappa shape index (κ1) is 35.3. The number of aliphatic imine (C=N–C) groups is 1. The molecule has 0 aliphatic carbocycles. The van der Waals surface area contributed by atoms with E-state index in [4.69, 9.17) is 9.96 Å². The van der Waals surface area contributed by atoms with Crippen molar-refractivity contribution in [2.45, 2.75) is 0 Å². The Hall–Kier alpha value is -5.73. The maximum absolute atomic E-state index is 12.4. The van der Waals surface area contributed by atoms with E-state index in [0.717, 1.165) is 6.21 Å². The first-order chi connectivity index (χ1) is 20.3. The second-order valence-electron chi connectivity index (χ2n) is 8.00. The monoisotopic (exact) mass is 610 g/mol. The van der Waals surface area contributed by atoms with Gasteiger partial charge in [-0.05, 0) is 71.8 Å². The number of allylic oxidation sites excluding steroid dienone is 4. The number of amides is 2. The largest absolute Gasteiger partial charge is 0.504 e. The van der Waals surface area contributed by atoms with E-state index in [1.807, 2.05) is 0 Å². The van der Waals surface area contributed by atoms with E-state index in [1.165, 1.54) is 103 Å². The Bertz CT molecular complexity index is 1580. The second-order valence-corrected chi connectivity index (χ2v) is 9.46. The summed E-state index contributed by atoms with van der Waals surface area (Å²) in [6.07, 6.45) is 20.3. The first-order valence-corrected chi connectivity index (χ1v) is 13.8. The third-order valence-electron chi connectivity index (χ3n) is 4.47. The summed E-state index contributed by atoms with van der Waals surface area (Å²) in [6.45, 7) is 0. The Balaban J connectivity index is 0.00000170. The van der Waals surface area contributed by atoms with E-state index < -0.39 is 21.9 Å². The Kier molecular flexibility index (Phi) is 15.3. The molecule has 2 rings (SSSR count). The fourth-order valence-electron chi connectivity index (χ4n) is 2.61. The van der Waals surface area contributed by atoms with Crippen molar-refractivity contribution in [3.63, 3.8) is 0 Å². The van der Waals surface area contributed by atoms with Gasteiger partial charge in [0, 0.05) is 49.4 Å². The van der Waals surface area contributed by atoms with E-state index in [1.54, 1.807) is 18.2 Å². The molecule has 0 fully saturated rings. The van der Waals surface area contributed by atoms with Crippen LogP contribution in [0.2, 0.25) is 0 Å². The minimum absolute atomic E-state index is 0.245. The van der Waals surface area contributed by atoms with E-state index >= 15 is 0 Å². The van der Waals surface area contributed by atoms with Crippen LogP contribution in [0.25, 0.3) is 12.2 Å². The average Bonchev–Trinajstić information content (AvgIpc) is 2.93. The number of aromatic hydroxyl groups is 4. The van der Waals surface area contributed by atoms with Crippen molar-refractivity contribution in [2.24, 2.45) is 4.99 Å². The summed E-state index contributed by atoms with van der Waals surface area (Å²) in [5.74, 6) is -1.90. The molecular weight excluding hydrogens is 580 g/mol. The predicted molar refractivity (Wildman–Crippen MR) is 164 cm³/mol. The summed E-state index contributed by atoms with van der Waals surface area (Å²) in [4.78, 5) is 29.5. The van der Waals surface area contributed by atoms with Crippen molar-refractivity contribution in [2.75, 3.05) is 6.26 Å². The molecule has 0 saturated heterocycles. The van der Waals surface area contributed by atoms with E-state index in [-0.39, 0.29) is 23.0 Å². The molecule has 2 amide bonds. The van der Waals surface area contributed by atoms with Gasteiger partial charge in [0.05, 0.1) is 6.26 Å². The van der Waals surface area contributed by atoms with Crippen LogP contribution in [0.4, 0.5) is 0 Å². The molecule has 14 heteroatoms. The molecule has 0 unspecified atom stereocenters. The van der Waals surface area contributed by atoms with Crippen LogP contribution >= 0.6 is 0 Å². The number of nitrogens with one attached hydrogen (secondary N) is 2. The highest BCUT2D eigenvalue weighted by Gasteiger charge is 2.04. The van der Waals surface area contributed by atoms with Gasteiger partial charge in [0.25, 0.3) is 16.0 Å². The first-order valence-electron chi connectivity index (χ1n) is 11.9. The lowest BCUT2D eigenvalue weighted by atomic mass is 10.2. The van der Waals surface area contributed by atoms with Crippen LogP contribution < -0.4 is 5.32 Å². The third kappa shape index (κ3) is 16.9. The maximum Gasteiger partial charge on any atom is 0.261 e. The smallest absolute Gasteiger partial charge is 0.261 e. The van der Waals surface area contributed by atoms with Crippen molar-refractivity contribution in [3.05, 3.63) is 109 Å². The Morgan fingerprint density at radius 3 is 1.91 bits per heavy atom. The highest BCUT2D eigenvalue weighted by molar-refractivity contribution is 7.85. The van der Waals surface area contributed by atoms with Crippen LogP contribution in [-0.2, 0) is 19.7 Å². The Morgan fingerprint density at radius 1 is 0.837 bits per heavy atom. The summed E-state index contributed by atoms with van der Waals surface area (Å²) in [6, 6.07) is 8.34. The van der Waals surface area contributed by atoms with E-state index in [9.17, 15) is 38.4 Å². The summed E-state index contributed by atoms with van der Waals surface area (Å²) in [5, 5.41) is 47.2. The molecule has 43 heavy (non-hydrogen) atoms. The fourth-order valence-corrected chi connectivity index (χ4v) is 2.61. The fraction of sp³-hybridized carbons (Fsp3) is 0.0345. The number of rotatable bonds is 11. The summed E-state index contributed by atoms with van der Waals surface area (Å²) in [7, 11) is -3.67. The standard InChI is InChI=1S/C28H26N4O6.CH4O3S/c29-13-3-18-32(28(38)12-8-22-6-10-24(34)26(36)20-22)17-2-1-14-30-15-4-16-31-27(37)11-7-21-5-9-23(33)25(35)19-21;1-5(2,3)4/h1-20,29,33-36H,(H,31,37);1H3,(H,2,3,4). The molecule has 0 saturated carbocycles. The molecule has 0 spiro atoms. The Morgan fingerprint density at radius 2 is 1.37 bits per heavy atom.